The van der Waals surface area contributed by atoms with Crippen LogP contribution in [0, 0.1) is 11.3 Å². The average molecular weight is 367 g/mol. The first-order valence-corrected chi connectivity index (χ1v) is 10.5. The van der Waals surface area contributed by atoms with Gasteiger partial charge in [-0.05, 0) is 73.2 Å². The maximum atomic E-state index is 12.2. The minimum Gasteiger partial charge on any atom is -0.317 e. The van der Waals surface area contributed by atoms with E-state index >= 15 is 0 Å². The molecule has 4 aliphatic rings. The summed E-state index contributed by atoms with van der Waals surface area (Å²) in [5.74, 6) is 0.402. The minimum atomic E-state index is -0.173. The molecule has 3 heterocycles. The number of nitrogens with zero attached hydrogens (tertiary/aromatic N) is 1. The Morgan fingerprint density at radius 1 is 1.07 bits per heavy atom. The second kappa shape index (κ2) is 6.71. The monoisotopic (exact) mass is 367 g/mol. The molecule has 27 heavy (non-hydrogen) atoms. The molecule has 1 saturated carbocycles. The quantitative estimate of drug-likeness (QED) is 0.805. The van der Waals surface area contributed by atoms with E-state index in [9.17, 15) is 9.59 Å². The van der Waals surface area contributed by atoms with Crippen molar-refractivity contribution in [3.8, 4) is 0 Å². The number of imide groups is 1. The number of nitrogens with one attached hydrogen (secondary N) is 2. The summed E-state index contributed by atoms with van der Waals surface area (Å²) in [5.41, 5.74) is 4.49. The third kappa shape index (κ3) is 3.32. The summed E-state index contributed by atoms with van der Waals surface area (Å²) in [6, 6.07) is 6.50. The summed E-state index contributed by atoms with van der Waals surface area (Å²) in [6.45, 7) is 5.64. The number of carbonyl (C=O) groups is 2. The minimum absolute atomic E-state index is 0.136. The summed E-state index contributed by atoms with van der Waals surface area (Å²) in [7, 11) is 0. The highest BCUT2D eigenvalue weighted by Gasteiger charge is 2.45. The fraction of sp³-hybridized carbons (Fsp3) is 0.636. The van der Waals surface area contributed by atoms with Crippen LogP contribution in [0.3, 0.4) is 0 Å². The molecule has 3 fully saturated rings. The van der Waals surface area contributed by atoms with E-state index in [-0.39, 0.29) is 17.7 Å². The van der Waals surface area contributed by atoms with Gasteiger partial charge in [0, 0.05) is 26.1 Å². The average Bonchev–Trinajstić information content (AvgIpc) is 3.03. The van der Waals surface area contributed by atoms with Gasteiger partial charge in [0.15, 0.2) is 0 Å². The molecule has 1 spiro atoms. The molecule has 0 aromatic heterocycles. The van der Waals surface area contributed by atoms with Crippen LogP contribution < -0.4 is 10.6 Å². The third-order valence-corrected chi connectivity index (χ3v) is 7.28. The Kier molecular flexibility index (Phi) is 4.32. The lowest BCUT2D eigenvalue weighted by Crippen LogP contribution is -2.48. The van der Waals surface area contributed by atoms with Gasteiger partial charge in [0.25, 0.3) is 0 Å². The first kappa shape index (κ1) is 17.4. The van der Waals surface area contributed by atoms with Gasteiger partial charge in [0.2, 0.25) is 11.8 Å². The van der Waals surface area contributed by atoms with Crippen molar-refractivity contribution in [1.29, 1.82) is 0 Å². The lowest BCUT2D eigenvalue weighted by Gasteiger charge is -2.51. The van der Waals surface area contributed by atoms with E-state index in [0.29, 0.717) is 18.3 Å². The molecule has 1 unspecified atom stereocenters. The Hall–Kier alpha value is -1.72. The summed E-state index contributed by atoms with van der Waals surface area (Å²) < 4.78 is 0. The highest BCUT2D eigenvalue weighted by atomic mass is 16.2. The van der Waals surface area contributed by atoms with E-state index in [1.165, 1.54) is 56.4 Å². The zero-order valence-corrected chi connectivity index (χ0v) is 15.9. The number of piperidine rings is 2. The molecule has 1 aromatic rings. The molecule has 5 rings (SSSR count). The number of hydrogen-bond acceptors (Lipinski definition) is 4. The summed E-state index contributed by atoms with van der Waals surface area (Å²) in [4.78, 5) is 26.1. The molecule has 5 nitrogen and oxygen atoms in total. The Labute approximate surface area is 160 Å². The molecule has 1 aliphatic carbocycles. The van der Waals surface area contributed by atoms with Gasteiger partial charge >= 0.3 is 0 Å². The standard InChI is InChI=1S/C22H29N3O2/c26-20-4-3-19(21(27)24-20)16-1-2-17-13-25(14-18(17)9-16)12-15-10-22(11-15)5-7-23-8-6-22/h1-2,9,15,19,23H,3-8,10-14H2,(H,24,26,27). The molecule has 2 saturated heterocycles. The van der Waals surface area contributed by atoms with Crippen molar-refractivity contribution < 1.29 is 9.59 Å². The predicted octanol–water partition coefficient (Wildman–Crippen LogP) is 2.30. The van der Waals surface area contributed by atoms with Gasteiger partial charge in [-0.25, -0.2) is 0 Å². The highest BCUT2D eigenvalue weighted by molar-refractivity contribution is 6.00. The summed E-state index contributed by atoms with van der Waals surface area (Å²) in [5, 5.41) is 5.97. The third-order valence-electron chi connectivity index (χ3n) is 7.28. The van der Waals surface area contributed by atoms with Crippen molar-refractivity contribution in [2.45, 2.75) is 57.5 Å². The first-order chi connectivity index (χ1) is 13.1. The molecular formula is C22H29N3O2. The topological polar surface area (TPSA) is 61.4 Å². The SMILES string of the molecule is O=C1CCC(c2ccc3c(c2)CN(CC2CC4(CCNCC4)C2)C3)C(=O)N1. The Bertz CT molecular complexity index is 761. The van der Waals surface area contributed by atoms with Gasteiger partial charge in [0.05, 0.1) is 5.92 Å². The molecule has 2 N–H and O–H groups in total. The number of rotatable bonds is 3. The number of amides is 2. The number of carbonyl (C=O) groups excluding carboxylic acids is 2. The van der Waals surface area contributed by atoms with Crippen molar-refractivity contribution in [2.75, 3.05) is 19.6 Å². The van der Waals surface area contributed by atoms with Gasteiger partial charge in [-0.1, -0.05) is 18.2 Å². The van der Waals surface area contributed by atoms with Crippen LogP contribution in [-0.4, -0.2) is 36.3 Å². The maximum Gasteiger partial charge on any atom is 0.234 e. The van der Waals surface area contributed by atoms with Crippen LogP contribution in [0.15, 0.2) is 18.2 Å². The molecule has 0 radical (unpaired) electrons. The van der Waals surface area contributed by atoms with Crippen LogP contribution in [0.2, 0.25) is 0 Å². The second-order valence-electron chi connectivity index (χ2n) is 9.23. The maximum absolute atomic E-state index is 12.2. The van der Waals surface area contributed by atoms with Crippen LogP contribution in [0.4, 0.5) is 0 Å². The van der Waals surface area contributed by atoms with E-state index in [2.05, 4.69) is 33.7 Å². The first-order valence-electron chi connectivity index (χ1n) is 10.5. The van der Waals surface area contributed by atoms with Crippen molar-refractivity contribution in [3.05, 3.63) is 34.9 Å². The number of fused-ring (bicyclic) bond motifs is 1. The van der Waals surface area contributed by atoms with Crippen LogP contribution >= 0.6 is 0 Å². The molecule has 1 atom stereocenters. The normalized spacial score (nSPS) is 28.1. The number of benzene rings is 1. The van der Waals surface area contributed by atoms with E-state index in [1.807, 2.05) is 0 Å². The van der Waals surface area contributed by atoms with Gasteiger partial charge in [0.1, 0.15) is 0 Å². The molecule has 0 bridgehead atoms. The van der Waals surface area contributed by atoms with Crippen LogP contribution in [-0.2, 0) is 22.7 Å². The van der Waals surface area contributed by atoms with Crippen LogP contribution in [0.5, 0.6) is 0 Å². The molecule has 1 aromatic carbocycles. The Balaban J connectivity index is 1.20. The molecule has 144 valence electrons. The number of hydrogen-bond donors (Lipinski definition) is 2. The second-order valence-corrected chi connectivity index (χ2v) is 9.23. The summed E-state index contributed by atoms with van der Waals surface area (Å²) in [6.07, 6.45) is 6.61. The molecule has 2 amide bonds. The Morgan fingerprint density at radius 2 is 1.85 bits per heavy atom. The highest BCUT2D eigenvalue weighted by Crippen LogP contribution is 2.52. The Morgan fingerprint density at radius 3 is 2.63 bits per heavy atom. The predicted molar refractivity (Wildman–Crippen MR) is 103 cm³/mol. The largest absolute Gasteiger partial charge is 0.317 e. The fourth-order valence-corrected chi connectivity index (χ4v) is 5.87. The summed E-state index contributed by atoms with van der Waals surface area (Å²) >= 11 is 0. The van der Waals surface area contributed by atoms with Crippen molar-refractivity contribution in [2.24, 2.45) is 11.3 Å². The zero-order chi connectivity index (χ0) is 18.4. The van der Waals surface area contributed by atoms with E-state index in [4.69, 9.17) is 0 Å². The van der Waals surface area contributed by atoms with Crippen LogP contribution in [0.25, 0.3) is 0 Å². The van der Waals surface area contributed by atoms with Gasteiger partial charge < -0.3 is 5.32 Å². The van der Waals surface area contributed by atoms with E-state index < -0.39 is 0 Å². The van der Waals surface area contributed by atoms with Gasteiger partial charge in [-0.3, -0.25) is 19.8 Å². The fourth-order valence-electron chi connectivity index (χ4n) is 5.87. The molecule has 3 aliphatic heterocycles. The van der Waals surface area contributed by atoms with Crippen molar-refractivity contribution in [1.82, 2.24) is 15.5 Å². The lowest BCUT2D eigenvalue weighted by atomic mass is 9.57. The van der Waals surface area contributed by atoms with E-state index in [1.54, 1.807) is 0 Å². The smallest absolute Gasteiger partial charge is 0.234 e. The van der Waals surface area contributed by atoms with Crippen molar-refractivity contribution in [3.63, 3.8) is 0 Å². The lowest BCUT2D eigenvalue weighted by molar-refractivity contribution is -0.134. The van der Waals surface area contributed by atoms with E-state index in [0.717, 1.165) is 24.6 Å². The molecular weight excluding hydrogens is 338 g/mol. The van der Waals surface area contributed by atoms with Crippen molar-refractivity contribution >= 4 is 11.8 Å². The van der Waals surface area contributed by atoms with Gasteiger partial charge in [-0.15, -0.1) is 0 Å². The molecule has 5 heteroatoms. The van der Waals surface area contributed by atoms with Crippen LogP contribution in [0.1, 0.15) is 61.1 Å². The van der Waals surface area contributed by atoms with Gasteiger partial charge in [-0.2, -0.15) is 0 Å². The zero-order valence-electron chi connectivity index (χ0n) is 15.9.